The van der Waals surface area contributed by atoms with Crippen LogP contribution in [0.2, 0.25) is 0 Å². The average Bonchev–Trinajstić information content (AvgIpc) is 3.13. The number of allylic oxidation sites excluding steroid dienone is 11. The van der Waals surface area contributed by atoms with Gasteiger partial charge in [-0.15, -0.1) is 0 Å². The van der Waals surface area contributed by atoms with E-state index in [1.54, 1.807) is 0 Å². The summed E-state index contributed by atoms with van der Waals surface area (Å²) in [4.78, 5) is 36.4. The van der Waals surface area contributed by atoms with Gasteiger partial charge in [-0.25, -0.2) is 4.79 Å². The predicted octanol–water partition coefficient (Wildman–Crippen LogP) is 11.6. The number of carbonyl (C=O) groups is 3. The Morgan fingerprint density at radius 2 is 1.12 bits per heavy atom. The van der Waals surface area contributed by atoms with Crippen LogP contribution in [0.15, 0.2) is 72.9 Å². The smallest absolute Gasteiger partial charge is 0.326 e. The molecule has 0 bridgehead atoms. The van der Waals surface area contributed by atoms with Crippen molar-refractivity contribution >= 4 is 17.8 Å². The van der Waals surface area contributed by atoms with Crippen LogP contribution in [0.3, 0.4) is 0 Å². The molecule has 0 saturated carbocycles. The van der Waals surface area contributed by atoms with Gasteiger partial charge < -0.3 is 20.9 Å². The molecule has 1 amide bonds. The molecule has 0 aliphatic heterocycles. The summed E-state index contributed by atoms with van der Waals surface area (Å²) in [7, 11) is 0. The van der Waals surface area contributed by atoms with Crippen molar-refractivity contribution in [3.63, 3.8) is 0 Å². The number of carbonyl (C=O) groups excluding carboxylic acids is 2. The number of nitrogens with two attached hydrogens (primary N) is 1. The largest absolute Gasteiger partial charge is 0.480 e. The zero-order chi connectivity index (χ0) is 38.2. The molecule has 0 rings (SSSR count). The second-order valence-electron chi connectivity index (χ2n) is 13.7. The van der Waals surface area contributed by atoms with E-state index in [9.17, 15) is 19.5 Å². The van der Waals surface area contributed by atoms with Crippen molar-refractivity contribution in [3.05, 3.63) is 72.9 Å². The van der Waals surface area contributed by atoms with Gasteiger partial charge in [0, 0.05) is 12.8 Å². The first kappa shape index (κ1) is 48.8. The molecule has 296 valence electrons. The first-order valence-corrected chi connectivity index (χ1v) is 20.8. The number of ether oxygens (including phenoxy) is 1. The molecule has 0 fully saturated rings. The van der Waals surface area contributed by atoms with Crippen LogP contribution in [0.1, 0.15) is 174 Å². The monoisotopic (exact) mass is 725 g/mol. The molecule has 0 aliphatic carbocycles. The standard InChI is InChI=1S/C45H76N2O5/c1-3-5-7-9-11-13-15-16-17-18-19-20-22-24-26-28-33-39-44(49)52-41(35-30-27-25-23-21-14-12-10-8-6-4-2)36-31-29-32-38-43(48)47-42(45(50)51)37-34-40-46/h6,8,11-14,16-17,23,25,30,35,41-42H,3-5,7,9-10,15,18-22,24,26-29,31-34,36-40,46H2,1-2H3,(H,47,48)(H,50,51)/b8-6-,13-11-,14-12-,17-16-,25-23-,35-30-. The molecule has 4 N–H and O–H groups in total. The van der Waals surface area contributed by atoms with Crippen molar-refractivity contribution in [2.75, 3.05) is 6.54 Å². The highest BCUT2D eigenvalue weighted by Gasteiger charge is 2.19. The van der Waals surface area contributed by atoms with Crippen molar-refractivity contribution in [3.8, 4) is 0 Å². The summed E-state index contributed by atoms with van der Waals surface area (Å²) in [6, 6.07) is -0.895. The molecule has 0 saturated heterocycles. The number of hydrogen-bond acceptors (Lipinski definition) is 5. The average molecular weight is 725 g/mol. The van der Waals surface area contributed by atoms with Gasteiger partial charge in [0.05, 0.1) is 0 Å². The number of unbranched alkanes of at least 4 members (excludes halogenated alkanes) is 12. The van der Waals surface area contributed by atoms with Crippen molar-refractivity contribution in [2.45, 2.75) is 187 Å². The Morgan fingerprint density at radius 3 is 1.71 bits per heavy atom. The van der Waals surface area contributed by atoms with Crippen LogP contribution in [0.4, 0.5) is 0 Å². The van der Waals surface area contributed by atoms with E-state index in [1.807, 2.05) is 6.08 Å². The van der Waals surface area contributed by atoms with Gasteiger partial charge in [-0.05, 0) is 109 Å². The summed E-state index contributed by atoms with van der Waals surface area (Å²) in [5.74, 6) is -1.43. The highest BCUT2D eigenvalue weighted by atomic mass is 16.5. The molecule has 7 nitrogen and oxygen atoms in total. The lowest BCUT2D eigenvalue weighted by molar-refractivity contribution is -0.147. The number of carboxylic acids is 1. The number of hydrogen-bond donors (Lipinski definition) is 3. The summed E-state index contributed by atoms with van der Waals surface area (Å²) in [5.41, 5.74) is 5.48. The van der Waals surface area contributed by atoms with Gasteiger partial charge in [0.25, 0.3) is 0 Å². The second kappa shape index (κ2) is 39.0. The van der Waals surface area contributed by atoms with Crippen LogP contribution >= 0.6 is 0 Å². The Labute approximate surface area is 318 Å². The summed E-state index contributed by atoms with van der Waals surface area (Å²) < 4.78 is 5.88. The van der Waals surface area contributed by atoms with Gasteiger partial charge in [-0.2, -0.15) is 0 Å². The number of carboxylic acid groups (broad SMARTS) is 1. The Morgan fingerprint density at radius 1 is 0.596 bits per heavy atom. The van der Waals surface area contributed by atoms with Gasteiger partial charge in [-0.3, -0.25) is 9.59 Å². The Balaban J connectivity index is 4.46. The molecule has 2 atom stereocenters. The minimum atomic E-state index is -1.03. The number of esters is 1. The van der Waals surface area contributed by atoms with Crippen molar-refractivity contribution in [1.82, 2.24) is 5.32 Å². The number of nitrogens with one attached hydrogen (secondary N) is 1. The van der Waals surface area contributed by atoms with E-state index < -0.39 is 12.0 Å². The van der Waals surface area contributed by atoms with Gasteiger partial charge in [0.2, 0.25) is 5.91 Å². The number of rotatable bonds is 36. The molecule has 0 spiro atoms. The van der Waals surface area contributed by atoms with Crippen LogP contribution in [0, 0.1) is 0 Å². The summed E-state index contributed by atoms with van der Waals surface area (Å²) in [5, 5.41) is 11.9. The molecule has 52 heavy (non-hydrogen) atoms. The van der Waals surface area contributed by atoms with E-state index >= 15 is 0 Å². The van der Waals surface area contributed by atoms with E-state index in [0.29, 0.717) is 38.6 Å². The van der Waals surface area contributed by atoms with Crippen LogP contribution in [0.5, 0.6) is 0 Å². The molecule has 0 radical (unpaired) electrons. The fraction of sp³-hybridized carbons (Fsp3) is 0.667. The fourth-order valence-electron chi connectivity index (χ4n) is 5.62. The highest BCUT2D eigenvalue weighted by molar-refractivity contribution is 5.83. The Kier molecular flexibility index (Phi) is 36.6. The molecule has 0 aromatic carbocycles. The van der Waals surface area contributed by atoms with E-state index in [4.69, 9.17) is 10.5 Å². The number of amides is 1. The topological polar surface area (TPSA) is 119 Å². The normalized spacial score (nSPS) is 13.4. The molecule has 2 unspecified atom stereocenters. The van der Waals surface area contributed by atoms with E-state index in [-0.39, 0.29) is 24.4 Å². The Bertz CT molecular complexity index is 1040. The molecule has 0 aromatic heterocycles. The van der Waals surface area contributed by atoms with Gasteiger partial charge in [0.15, 0.2) is 0 Å². The maximum atomic E-state index is 12.7. The third-order valence-corrected chi connectivity index (χ3v) is 8.74. The molecular formula is C45H76N2O5. The quantitative estimate of drug-likeness (QED) is 0.0336. The molecule has 7 heteroatoms. The lowest BCUT2D eigenvalue weighted by atomic mass is 10.1. The maximum Gasteiger partial charge on any atom is 0.326 e. The van der Waals surface area contributed by atoms with Gasteiger partial charge in [0.1, 0.15) is 12.1 Å². The summed E-state index contributed by atoms with van der Waals surface area (Å²) in [6.45, 7) is 4.77. The fourth-order valence-corrected chi connectivity index (χ4v) is 5.62. The SMILES string of the molecule is CC/C=C\C/C=C\C/C=C\C/C=C\C(CCCCCC(=O)NC(CCCN)C(=O)O)OC(=O)CCCCCCCCC/C=C\C/C=C\CCCCC. The summed E-state index contributed by atoms with van der Waals surface area (Å²) in [6.07, 6.45) is 49.5. The lowest BCUT2D eigenvalue weighted by Crippen LogP contribution is -2.40. The minimum absolute atomic E-state index is 0.147. The maximum absolute atomic E-state index is 12.7. The van der Waals surface area contributed by atoms with E-state index in [0.717, 1.165) is 70.6 Å². The first-order chi connectivity index (χ1) is 25.4. The van der Waals surface area contributed by atoms with Crippen molar-refractivity contribution < 1.29 is 24.2 Å². The zero-order valence-electron chi connectivity index (χ0n) is 33.1. The lowest BCUT2D eigenvalue weighted by Gasteiger charge is -2.15. The van der Waals surface area contributed by atoms with Crippen LogP contribution in [-0.4, -0.2) is 41.6 Å². The number of aliphatic carboxylic acids is 1. The van der Waals surface area contributed by atoms with Gasteiger partial charge >= 0.3 is 11.9 Å². The predicted molar refractivity (Wildman–Crippen MR) is 220 cm³/mol. The van der Waals surface area contributed by atoms with Crippen LogP contribution in [-0.2, 0) is 19.1 Å². The Hall–Kier alpha value is -3.19. The second-order valence-corrected chi connectivity index (χ2v) is 13.7. The minimum Gasteiger partial charge on any atom is -0.480 e. The summed E-state index contributed by atoms with van der Waals surface area (Å²) >= 11 is 0. The third kappa shape index (κ3) is 35.2. The first-order valence-electron chi connectivity index (χ1n) is 20.8. The van der Waals surface area contributed by atoms with Crippen molar-refractivity contribution in [1.29, 1.82) is 0 Å². The third-order valence-electron chi connectivity index (χ3n) is 8.74. The molecule has 0 aromatic rings. The highest BCUT2D eigenvalue weighted by Crippen LogP contribution is 2.15. The molecular weight excluding hydrogens is 649 g/mol. The van der Waals surface area contributed by atoms with E-state index in [2.05, 4.69) is 86.0 Å². The molecule has 0 heterocycles. The van der Waals surface area contributed by atoms with E-state index in [1.165, 1.54) is 51.4 Å². The zero-order valence-corrected chi connectivity index (χ0v) is 33.1. The van der Waals surface area contributed by atoms with Crippen LogP contribution in [0.25, 0.3) is 0 Å². The molecule has 0 aliphatic rings. The van der Waals surface area contributed by atoms with Crippen molar-refractivity contribution in [2.24, 2.45) is 5.73 Å². The van der Waals surface area contributed by atoms with Crippen LogP contribution < -0.4 is 11.1 Å². The van der Waals surface area contributed by atoms with Gasteiger partial charge in [-0.1, -0.05) is 132 Å².